The Labute approximate surface area is 148 Å². The Bertz CT molecular complexity index is 782. The second-order valence-electron chi connectivity index (χ2n) is 6.54. The summed E-state index contributed by atoms with van der Waals surface area (Å²) in [5.74, 6) is 0.922. The zero-order chi connectivity index (χ0) is 18.0. The summed E-state index contributed by atoms with van der Waals surface area (Å²) in [5.41, 5.74) is 5.07. The molecule has 1 aromatic carbocycles. The molecule has 3 rings (SSSR count). The van der Waals surface area contributed by atoms with Gasteiger partial charge in [0.2, 0.25) is 0 Å². The predicted octanol–water partition coefficient (Wildman–Crippen LogP) is 3.63. The average Bonchev–Trinajstić information content (AvgIpc) is 2.85. The molecule has 0 saturated heterocycles. The van der Waals surface area contributed by atoms with Gasteiger partial charge in [-0.3, -0.25) is 4.68 Å². The van der Waals surface area contributed by atoms with Gasteiger partial charge in [-0.25, -0.2) is 4.79 Å². The summed E-state index contributed by atoms with van der Waals surface area (Å²) >= 11 is 0. The third kappa shape index (κ3) is 3.62. The number of nitrogens with one attached hydrogen (secondary N) is 2. The summed E-state index contributed by atoms with van der Waals surface area (Å²) in [4.78, 5) is 12.5. The van der Waals surface area contributed by atoms with Gasteiger partial charge >= 0.3 is 6.03 Å². The first kappa shape index (κ1) is 17.3. The quantitative estimate of drug-likeness (QED) is 0.891. The fourth-order valence-corrected chi connectivity index (χ4v) is 3.44. The van der Waals surface area contributed by atoms with Crippen LogP contribution in [0.15, 0.2) is 18.2 Å². The molecule has 0 fully saturated rings. The van der Waals surface area contributed by atoms with Crippen molar-refractivity contribution in [2.75, 3.05) is 11.9 Å². The van der Waals surface area contributed by atoms with Crippen molar-refractivity contribution in [1.82, 2.24) is 15.1 Å². The molecule has 2 amide bonds. The summed E-state index contributed by atoms with van der Waals surface area (Å²) in [5, 5.41) is 10.5. The van der Waals surface area contributed by atoms with Crippen LogP contribution in [-0.2, 0) is 13.5 Å². The SMILES string of the molecule is CC[C@@H](NC(=O)Nc1ccc2c(c1)CCCO2)c1c(C)nn(C)c1C. The molecular formula is C19H26N4O2. The molecule has 0 unspecified atom stereocenters. The fraction of sp³-hybridized carbons (Fsp3) is 0.474. The number of amides is 2. The van der Waals surface area contributed by atoms with Crippen molar-refractivity contribution < 1.29 is 9.53 Å². The van der Waals surface area contributed by atoms with E-state index in [0.29, 0.717) is 0 Å². The van der Waals surface area contributed by atoms with E-state index in [0.717, 1.165) is 59.8 Å². The number of anilines is 1. The Kier molecular flexibility index (Phi) is 4.97. The van der Waals surface area contributed by atoms with Crippen LogP contribution in [0.1, 0.15) is 48.3 Å². The van der Waals surface area contributed by atoms with E-state index in [1.54, 1.807) is 0 Å². The van der Waals surface area contributed by atoms with Gasteiger partial charge in [0.05, 0.1) is 18.3 Å². The highest BCUT2D eigenvalue weighted by Gasteiger charge is 2.21. The van der Waals surface area contributed by atoms with Crippen LogP contribution in [0.4, 0.5) is 10.5 Å². The van der Waals surface area contributed by atoms with Gasteiger partial charge in [-0.2, -0.15) is 5.10 Å². The number of carbonyl (C=O) groups excluding carboxylic acids is 1. The Morgan fingerprint density at radius 1 is 1.40 bits per heavy atom. The molecule has 6 heteroatoms. The molecular weight excluding hydrogens is 316 g/mol. The summed E-state index contributed by atoms with van der Waals surface area (Å²) < 4.78 is 7.47. The van der Waals surface area contributed by atoms with Crippen LogP contribution in [0, 0.1) is 13.8 Å². The zero-order valence-corrected chi connectivity index (χ0v) is 15.3. The Balaban J connectivity index is 1.70. The van der Waals surface area contributed by atoms with Gasteiger partial charge in [0.1, 0.15) is 5.75 Å². The van der Waals surface area contributed by atoms with Crippen LogP contribution in [0.5, 0.6) is 5.75 Å². The topological polar surface area (TPSA) is 68.2 Å². The van der Waals surface area contributed by atoms with Crippen LogP contribution in [0.2, 0.25) is 0 Å². The Hall–Kier alpha value is -2.50. The fourth-order valence-electron chi connectivity index (χ4n) is 3.44. The van der Waals surface area contributed by atoms with Crippen molar-refractivity contribution >= 4 is 11.7 Å². The van der Waals surface area contributed by atoms with Crippen molar-refractivity contribution in [3.8, 4) is 5.75 Å². The Morgan fingerprint density at radius 2 is 2.20 bits per heavy atom. The van der Waals surface area contributed by atoms with E-state index < -0.39 is 0 Å². The van der Waals surface area contributed by atoms with E-state index in [1.807, 2.05) is 43.8 Å². The molecule has 1 aromatic heterocycles. The van der Waals surface area contributed by atoms with E-state index in [1.165, 1.54) is 0 Å². The van der Waals surface area contributed by atoms with E-state index in [9.17, 15) is 4.79 Å². The molecule has 0 aliphatic carbocycles. The average molecular weight is 342 g/mol. The number of aromatic nitrogens is 2. The summed E-state index contributed by atoms with van der Waals surface area (Å²) in [6, 6.07) is 5.54. The van der Waals surface area contributed by atoms with Gasteiger partial charge in [-0.05, 0) is 56.9 Å². The minimum atomic E-state index is -0.203. The van der Waals surface area contributed by atoms with Crippen molar-refractivity contribution in [3.05, 3.63) is 40.7 Å². The molecule has 0 bridgehead atoms. The largest absolute Gasteiger partial charge is 0.493 e. The number of carbonyl (C=O) groups is 1. The number of rotatable bonds is 4. The van der Waals surface area contributed by atoms with Crippen LogP contribution in [0.25, 0.3) is 0 Å². The number of fused-ring (bicyclic) bond motifs is 1. The van der Waals surface area contributed by atoms with E-state index in [-0.39, 0.29) is 12.1 Å². The maximum atomic E-state index is 12.5. The number of urea groups is 1. The smallest absolute Gasteiger partial charge is 0.319 e. The molecule has 2 heterocycles. The number of aryl methyl sites for hydroxylation is 3. The minimum absolute atomic E-state index is 0.0605. The molecule has 25 heavy (non-hydrogen) atoms. The summed E-state index contributed by atoms with van der Waals surface area (Å²) in [7, 11) is 1.92. The Morgan fingerprint density at radius 3 is 2.88 bits per heavy atom. The van der Waals surface area contributed by atoms with Crippen molar-refractivity contribution in [1.29, 1.82) is 0 Å². The van der Waals surface area contributed by atoms with Crippen molar-refractivity contribution in [2.24, 2.45) is 7.05 Å². The minimum Gasteiger partial charge on any atom is -0.493 e. The lowest BCUT2D eigenvalue weighted by molar-refractivity contribution is 0.248. The first-order chi connectivity index (χ1) is 12.0. The molecule has 2 N–H and O–H groups in total. The third-order valence-corrected chi connectivity index (χ3v) is 4.79. The maximum absolute atomic E-state index is 12.5. The van der Waals surface area contributed by atoms with Crippen LogP contribution < -0.4 is 15.4 Å². The first-order valence-corrected chi connectivity index (χ1v) is 8.83. The van der Waals surface area contributed by atoms with Gasteiger partial charge in [0.25, 0.3) is 0 Å². The lowest BCUT2D eigenvalue weighted by atomic mass is 10.0. The number of hydrogen-bond acceptors (Lipinski definition) is 3. The second-order valence-corrected chi connectivity index (χ2v) is 6.54. The highest BCUT2D eigenvalue weighted by molar-refractivity contribution is 5.89. The number of nitrogens with zero attached hydrogens (tertiary/aromatic N) is 2. The molecule has 134 valence electrons. The summed E-state index contributed by atoms with van der Waals surface area (Å²) in [6.45, 7) is 6.84. The van der Waals surface area contributed by atoms with Gasteiger partial charge in [0.15, 0.2) is 0 Å². The van der Waals surface area contributed by atoms with Gasteiger partial charge < -0.3 is 15.4 Å². The normalized spacial score (nSPS) is 14.4. The third-order valence-electron chi connectivity index (χ3n) is 4.79. The lowest BCUT2D eigenvalue weighted by Crippen LogP contribution is -2.33. The maximum Gasteiger partial charge on any atom is 0.319 e. The predicted molar refractivity (Wildman–Crippen MR) is 98.1 cm³/mol. The van der Waals surface area contributed by atoms with Crippen LogP contribution in [-0.4, -0.2) is 22.4 Å². The molecule has 6 nitrogen and oxygen atoms in total. The first-order valence-electron chi connectivity index (χ1n) is 8.83. The molecule has 1 atom stereocenters. The number of benzene rings is 1. The summed E-state index contributed by atoms with van der Waals surface area (Å²) in [6.07, 6.45) is 2.80. The second kappa shape index (κ2) is 7.17. The van der Waals surface area contributed by atoms with Crippen molar-refractivity contribution in [3.63, 3.8) is 0 Å². The standard InChI is InChI=1S/C19H26N4O2/c1-5-16(18-12(2)22-23(4)13(18)3)21-19(24)20-15-8-9-17-14(11-15)7-6-10-25-17/h8-9,11,16H,5-7,10H2,1-4H3,(H2,20,21,24)/t16-/m1/s1. The monoisotopic (exact) mass is 342 g/mol. The molecule has 0 spiro atoms. The van der Waals surface area contributed by atoms with E-state index >= 15 is 0 Å². The molecule has 0 radical (unpaired) electrons. The van der Waals surface area contributed by atoms with E-state index in [2.05, 4.69) is 22.7 Å². The number of ether oxygens (including phenoxy) is 1. The lowest BCUT2D eigenvalue weighted by Gasteiger charge is -2.20. The molecule has 1 aliphatic heterocycles. The van der Waals surface area contributed by atoms with Crippen molar-refractivity contribution in [2.45, 2.75) is 46.1 Å². The zero-order valence-electron chi connectivity index (χ0n) is 15.3. The highest BCUT2D eigenvalue weighted by Crippen LogP contribution is 2.28. The van der Waals surface area contributed by atoms with Gasteiger partial charge in [-0.15, -0.1) is 0 Å². The van der Waals surface area contributed by atoms with Crippen LogP contribution in [0.3, 0.4) is 0 Å². The molecule has 1 aliphatic rings. The highest BCUT2D eigenvalue weighted by atomic mass is 16.5. The van der Waals surface area contributed by atoms with E-state index in [4.69, 9.17) is 4.74 Å². The molecule has 2 aromatic rings. The van der Waals surface area contributed by atoms with Gasteiger partial charge in [0, 0.05) is 24.0 Å². The van der Waals surface area contributed by atoms with Crippen LogP contribution >= 0.6 is 0 Å². The van der Waals surface area contributed by atoms with Gasteiger partial charge in [-0.1, -0.05) is 6.92 Å². The molecule has 0 saturated carbocycles. The number of hydrogen-bond donors (Lipinski definition) is 2.